The summed E-state index contributed by atoms with van der Waals surface area (Å²) in [7, 11) is 0. The maximum atomic E-state index is 11.8. The molecule has 0 unspecified atom stereocenters. The first-order valence-corrected chi connectivity index (χ1v) is 2.39. The van der Waals surface area contributed by atoms with Crippen molar-refractivity contribution in [3.63, 3.8) is 0 Å². The van der Waals surface area contributed by atoms with Crippen LogP contribution in [0.3, 0.4) is 0 Å². The summed E-state index contributed by atoms with van der Waals surface area (Å²) in [5.74, 6) is -3.06. The average Bonchev–Trinajstić information content (AvgIpc) is 1.60. The maximum Gasteiger partial charge on any atom is 0.249 e. The molecule has 3 heteroatoms. The topological polar surface area (TPSA) is 17.1 Å². The van der Waals surface area contributed by atoms with Crippen LogP contribution in [0.2, 0.25) is 0 Å². The summed E-state index contributed by atoms with van der Waals surface area (Å²) in [6, 6.07) is 0. The number of hydrogen-bond acceptors (Lipinski definition) is 1. The van der Waals surface area contributed by atoms with Gasteiger partial charge in [0.05, 0.1) is 0 Å². The molecule has 1 fully saturated rings. The highest BCUT2D eigenvalue weighted by molar-refractivity contribution is 5.56. The van der Waals surface area contributed by atoms with E-state index in [-0.39, 0.29) is 12.8 Å². The molecular formula is C5H5F2O. The van der Waals surface area contributed by atoms with Gasteiger partial charge in [-0.1, -0.05) is 0 Å². The minimum Gasteiger partial charge on any atom is -0.291 e. The van der Waals surface area contributed by atoms with Crippen molar-refractivity contribution in [2.24, 2.45) is 5.92 Å². The first-order valence-electron chi connectivity index (χ1n) is 2.39. The Bertz CT molecular complexity index is 103. The van der Waals surface area contributed by atoms with E-state index in [0.717, 1.165) is 0 Å². The van der Waals surface area contributed by atoms with Gasteiger partial charge in [-0.3, -0.25) is 4.79 Å². The number of alkyl halides is 2. The summed E-state index contributed by atoms with van der Waals surface area (Å²) in [6.45, 7) is 0. The van der Waals surface area contributed by atoms with Crippen LogP contribution >= 0.6 is 0 Å². The van der Waals surface area contributed by atoms with Crippen molar-refractivity contribution in [1.82, 2.24) is 0 Å². The summed E-state index contributed by atoms with van der Waals surface area (Å²) in [6.07, 6.45) is 0.937. The number of carbonyl (C=O) groups excluding carboxylic acids is 1. The summed E-state index contributed by atoms with van der Waals surface area (Å²) < 4.78 is 23.6. The van der Waals surface area contributed by atoms with Crippen LogP contribution in [0.25, 0.3) is 0 Å². The third-order valence-corrected chi connectivity index (χ3v) is 1.26. The fourth-order valence-corrected chi connectivity index (χ4v) is 0.745. The lowest BCUT2D eigenvalue weighted by molar-refractivity contribution is -0.0912. The Morgan fingerprint density at radius 1 is 1.50 bits per heavy atom. The predicted octanol–water partition coefficient (Wildman–Crippen LogP) is 1.14. The van der Waals surface area contributed by atoms with Crippen LogP contribution in [0.15, 0.2) is 0 Å². The van der Waals surface area contributed by atoms with Gasteiger partial charge >= 0.3 is 0 Å². The Balaban J connectivity index is 2.31. The van der Waals surface area contributed by atoms with Crippen molar-refractivity contribution in [3.05, 3.63) is 0 Å². The molecule has 1 rings (SSSR count). The van der Waals surface area contributed by atoms with Crippen LogP contribution in [0.1, 0.15) is 12.8 Å². The highest BCUT2D eigenvalue weighted by atomic mass is 19.3. The average molecular weight is 119 g/mol. The van der Waals surface area contributed by atoms with Crippen LogP contribution in [0.4, 0.5) is 8.78 Å². The first kappa shape index (κ1) is 5.66. The largest absolute Gasteiger partial charge is 0.291 e. The maximum absolute atomic E-state index is 11.8. The van der Waals surface area contributed by atoms with Gasteiger partial charge in [-0.2, -0.15) is 0 Å². The van der Waals surface area contributed by atoms with Crippen LogP contribution in [-0.4, -0.2) is 12.2 Å². The van der Waals surface area contributed by atoms with Gasteiger partial charge in [0, 0.05) is 18.8 Å². The van der Waals surface area contributed by atoms with Gasteiger partial charge in [0.2, 0.25) is 12.2 Å². The second-order valence-electron chi connectivity index (χ2n) is 2.08. The minimum absolute atomic E-state index is 0.295. The van der Waals surface area contributed by atoms with E-state index in [1.807, 2.05) is 0 Å². The predicted molar refractivity (Wildman–Crippen MR) is 23.4 cm³/mol. The molecule has 0 heterocycles. The lowest BCUT2D eigenvalue weighted by Gasteiger charge is -2.29. The molecule has 0 saturated heterocycles. The molecule has 0 aromatic rings. The number of rotatable bonds is 1. The van der Waals surface area contributed by atoms with Crippen molar-refractivity contribution in [1.29, 1.82) is 0 Å². The normalized spacial score (nSPS) is 26.8. The second kappa shape index (κ2) is 1.50. The van der Waals surface area contributed by atoms with Crippen LogP contribution in [0, 0.1) is 5.92 Å². The Kier molecular flexibility index (Phi) is 1.06. The zero-order valence-electron chi connectivity index (χ0n) is 4.16. The van der Waals surface area contributed by atoms with Gasteiger partial charge in [0.25, 0.3) is 0 Å². The molecular weight excluding hydrogens is 114 g/mol. The fourth-order valence-electron chi connectivity index (χ4n) is 0.745. The standard InChI is InChI=1S/C5H5F2O/c6-5(7)1-4(2-5)3-8/h4H,1-2H2. The number of hydrogen-bond donors (Lipinski definition) is 0. The van der Waals surface area contributed by atoms with Crippen LogP contribution in [0.5, 0.6) is 0 Å². The van der Waals surface area contributed by atoms with Crippen molar-refractivity contribution in [3.8, 4) is 0 Å². The first-order chi connectivity index (χ1) is 3.64. The van der Waals surface area contributed by atoms with Gasteiger partial charge in [-0.25, -0.2) is 8.78 Å². The number of halogens is 2. The van der Waals surface area contributed by atoms with Crippen molar-refractivity contribution in [2.45, 2.75) is 18.8 Å². The molecule has 0 aliphatic heterocycles. The third kappa shape index (κ3) is 0.854. The molecule has 0 aromatic carbocycles. The SMILES string of the molecule is O=[C]C1CC(F)(F)C1. The van der Waals surface area contributed by atoms with E-state index < -0.39 is 11.8 Å². The van der Waals surface area contributed by atoms with E-state index in [9.17, 15) is 13.6 Å². The Hall–Kier alpha value is -0.470. The highest BCUT2D eigenvalue weighted by Crippen LogP contribution is 2.40. The van der Waals surface area contributed by atoms with E-state index in [1.54, 1.807) is 0 Å². The lowest BCUT2D eigenvalue weighted by Crippen LogP contribution is -2.35. The van der Waals surface area contributed by atoms with Crippen molar-refractivity contribution >= 4 is 6.29 Å². The fraction of sp³-hybridized carbons (Fsp3) is 0.800. The molecule has 0 N–H and O–H groups in total. The van der Waals surface area contributed by atoms with Gasteiger partial charge in [-0.05, 0) is 0 Å². The van der Waals surface area contributed by atoms with E-state index in [0.29, 0.717) is 0 Å². The molecule has 1 saturated carbocycles. The molecule has 1 aliphatic rings. The van der Waals surface area contributed by atoms with E-state index >= 15 is 0 Å². The van der Waals surface area contributed by atoms with Crippen LogP contribution in [-0.2, 0) is 4.79 Å². The molecule has 1 radical (unpaired) electrons. The monoisotopic (exact) mass is 119 g/mol. The molecule has 0 bridgehead atoms. The lowest BCUT2D eigenvalue weighted by atomic mass is 9.83. The second-order valence-corrected chi connectivity index (χ2v) is 2.08. The van der Waals surface area contributed by atoms with Gasteiger partial charge in [0.15, 0.2) is 0 Å². The van der Waals surface area contributed by atoms with E-state index in [4.69, 9.17) is 0 Å². The van der Waals surface area contributed by atoms with Crippen molar-refractivity contribution in [2.75, 3.05) is 0 Å². The molecule has 8 heavy (non-hydrogen) atoms. The van der Waals surface area contributed by atoms with Crippen molar-refractivity contribution < 1.29 is 13.6 Å². The zero-order chi connectivity index (χ0) is 6.20. The Labute approximate surface area is 45.7 Å². The molecule has 0 spiro atoms. The van der Waals surface area contributed by atoms with Gasteiger partial charge in [-0.15, -0.1) is 0 Å². The Morgan fingerprint density at radius 2 is 2.00 bits per heavy atom. The smallest absolute Gasteiger partial charge is 0.249 e. The van der Waals surface area contributed by atoms with E-state index in [1.165, 1.54) is 6.29 Å². The molecule has 1 nitrogen and oxygen atoms in total. The van der Waals surface area contributed by atoms with Gasteiger partial charge < -0.3 is 0 Å². The summed E-state index contributed by atoms with van der Waals surface area (Å²) in [5.41, 5.74) is 0. The minimum atomic E-state index is -2.57. The van der Waals surface area contributed by atoms with Gasteiger partial charge in [0.1, 0.15) is 0 Å². The summed E-state index contributed by atoms with van der Waals surface area (Å²) in [5, 5.41) is 0. The highest BCUT2D eigenvalue weighted by Gasteiger charge is 2.45. The van der Waals surface area contributed by atoms with Crippen LogP contribution < -0.4 is 0 Å². The third-order valence-electron chi connectivity index (χ3n) is 1.26. The summed E-state index contributed by atoms with van der Waals surface area (Å²) >= 11 is 0. The molecule has 45 valence electrons. The quantitative estimate of drug-likeness (QED) is 0.505. The molecule has 0 amide bonds. The zero-order valence-corrected chi connectivity index (χ0v) is 4.16. The van der Waals surface area contributed by atoms with E-state index in [2.05, 4.69) is 0 Å². The molecule has 0 atom stereocenters. The Morgan fingerprint density at radius 3 is 2.12 bits per heavy atom. The summed E-state index contributed by atoms with van der Waals surface area (Å²) in [4.78, 5) is 9.62. The molecule has 1 aliphatic carbocycles. The molecule has 0 aromatic heterocycles.